The Morgan fingerprint density at radius 3 is 2.26 bits per heavy atom. The number of rotatable bonds is 9. The predicted molar refractivity (Wildman–Crippen MR) is 109 cm³/mol. The van der Waals surface area contributed by atoms with Gasteiger partial charge in [-0.3, -0.25) is 4.18 Å². The maximum Gasteiger partial charge on any atom is 0.516 e. The maximum atomic E-state index is 12.4. The molecule has 0 bridgehead atoms. The van der Waals surface area contributed by atoms with Crippen molar-refractivity contribution in [1.29, 1.82) is 0 Å². The SMILES string of the molecule is CC(C)(C)OC(=O)N[C@@H](CC(CN)OS(C)(=O)=O)C(=O)OC(=O)OCc1ccccc1. The molecule has 11 nitrogen and oxygen atoms in total. The molecule has 0 saturated heterocycles. The summed E-state index contributed by atoms with van der Waals surface area (Å²) in [4.78, 5) is 36.4. The Labute approximate surface area is 181 Å². The maximum absolute atomic E-state index is 12.4. The molecule has 0 aromatic heterocycles. The summed E-state index contributed by atoms with van der Waals surface area (Å²) >= 11 is 0. The highest BCUT2D eigenvalue weighted by Gasteiger charge is 2.31. The lowest BCUT2D eigenvalue weighted by Gasteiger charge is -2.24. The van der Waals surface area contributed by atoms with Gasteiger partial charge in [-0.15, -0.1) is 0 Å². The highest BCUT2D eigenvalue weighted by molar-refractivity contribution is 7.86. The average Bonchev–Trinajstić information content (AvgIpc) is 2.63. The summed E-state index contributed by atoms with van der Waals surface area (Å²) in [6.07, 6.45) is -3.03. The van der Waals surface area contributed by atoms with Crippen molar-refractivity contribution in [2.24, 2.45) is 5.73 Å². The molecule has 2 atom stereocenters. The van der Waals surface area contributed by atoms with Crippen molar-refractivity contribution in [3.63, 3.8) is 0 Å². The van der Waals surface area contributed by atoms with Gasteiger partial charge in [-0.1, -0.05) is 30.3 Å². The molecule has 3 N–H and O–H groups in total. The van der Waals surface area contributed by atoms with E-state index in [1.807, 2.05) is 0 Å². The van der Waals surface area contributed by atoms with Crippen molar-refractivity contribution in [2.45, 2.75) is 51.5 Å². The minimum atomic E-state index is -3.89. The number of nitrogens with two attached hydrogens (primary N) is 1. The number of nitrogens with one attached hydrogen (secondary N) is 1. The minimum absolute atomic E-state index is 0.139. The Hall–Kier alpha value is -2.70. The topological polar surface area (TPSA) is 160 Å². The van der Waals surface area contributed by atoms with E-state index >= 15 is 0 Å². The second-order valence-corrected chi connectivity index (χ2v) is 9.14. The van der Waals surface area contributed by atoms with E-state index < -0.39 is 52.5 Å². The van der Waals surface area contributed by atoms with E-state index in [0.29, 0.717) is 5.56 Å². The Kier molecular flexibility index (Phi) is 9.88. The van der Waals surface area contributed by atoms with Crippen molar-refractivity contribution in [1.82, 2.24) is 5.32 Å². The van der Waals surface area contributed by atoms with Gasteiger partial charge in [-0.2, -0.15) is 8.42 Å². The van der Waals surface area contributed by atoms with Crippen LogP contribution in [0, 0.1) is 0 Å². The number of alkyl carbamates (subject to hydrolysis) is 1. The number of carbonyl (C=O) groups is 3. The fourth-order valence-corrected chi connectivity index (χ4v) is 2.90. The van der Waals surface area contributed by atoms with Crippen LogP contribution in [0.1, 0.15) is 32.8 Å². The van der Waals surface area contributed by atoms with Crippen LogP contribution in [0.2, 0.25) is 0 Å². The highest BCUT2D eigenvalue weighted by Crippen LogP contribution is 2.11. The molecule has 1 unspecified atom stereocenters. The van der Waals surface area contributed by atoms with Gasteiger partial charge in [0.2, 0.25) is 0 Å². The molecule has 0 aliphatic carbocycles. The summed E-state index contributed by atoms with van der Waals surface area (Å²) in [6.45, 7) is 4.40. The van der Waals surface area contributed by atoms with Crippen LogP contribution < -0.4 is 11.1 Å². The molecular formula is C19H28N2O9S. The first kappa shape index (κ1) is 26.3. The zero-order valence-corrected chi connectivity index (χ0v) is 18.6. The van der Waals surface area contributed by atoms with Crippen molar-refractivity contribution < 1.29 is 41.2 Å². The Balaban J connectivity index is 2.82. The van der Waals surface area contributed by atoms with Crippen molar-refractivity contribution in [3.05, 3.63) is 35.9 Å². The van der Waals surface area contributed by atoms with Gasteiger partial charge in [0.25, 0.3) is 10.1 Å². The molecule has 0 aliphatic rings. The molecular weight excluding hydrogens is 432 g/mol. The molecule has 0 saturated carbocycles. The second-order valence-electron chi connectivity index (χ2n) is 7.54. The zero-order valence-electron chi connectivity index (χ0n) is 17.8. The quantitative estimate of drug-likeness (QED) is 0.313. The van der Waals surface area contributed by atoms with Gasteiger partial charge in [-0.05, 0) is 26.3 Å². The van der Waals surface area contributed by atoms with Crippen LogP contribution >= 0.6 is 0 Å². The molecule has 0 fully saturated rings. The molecule has 1 aromatic rings. The predicted octanol–water partition coefficient (Wildman–Crippen LogP) is 1.45. The van der Waals surface area contributed by atoms with Crippen LogP contribution in [-0.4, -0.2) is 57.2 Å². The Morgan fingerprint density at radius 1 is 1.13 bits per heavy atom. The van der Waals surface area contributed by atoms with Crippen molar-refractivity contribution >= 4 is 28.3 Å². The minimum Gasteiger partial charge on any atom is -0.444 e. The summed E-state index contributed by atoms with van der Waals surface area (Å²) in [6, 6.07) is 7.18. The number of hydrogen-bond acceptors (Lipinski definition) is 10. The third-order valence-electron chi connectivity index (χ3n) is 3.43. The summed E-state index contributed by atoms with van der Waals surface area (Å²) in [5.41, 5.74) is 5.29. The van der Waals surface area contributed by atoms with E-state index in [9.17, 15) is 22.8 Å². The molecule has 0 spiro atoms. The fourth-order valence-electron chi connectivity index (χ4n) is 2.25. The number of benzene rings is 1. The summed E-state index contributed by atoms with van der Waals surface area (Å²) in [5, 5.41) is 2.23. The van der Waals surface area contributed by atoms with E-state index in [-0.39, 0.29) is 13.2 Å². The molecule has 0 heterocycles. The normalized spacial score (nSPS) is 13.6. The van der Waals surface area contributed by atoms with Gasteiger partial charge in [0.15, 0.2) is 0 Å². The molecule has 0 radical (unpaired) electrons. The highest BCUT2D eigenvalue weighted by atomic mass is 32.2. The Morgan fingerprint density at radius 2 is 1.74 bits per heavy atom. The van der Waals surface area contributed by atoms with Crippen molar-refractivity contribution in [3.8, 4) is 0 Å². The lowest BCUT2D eigenvalue weighted by Crippen LogP contribution is -2.47. The number of esters is 1. The number of amides is 1. The fraction of sp³-hybridized carbons (Fsp3) is 0.526. The Bertz CT molecular complexity index is 851. The lowest BCUT2D eigenvalue weighted by atomic mass is 10.1. The molecule has 0 aliphatic heterocycles. The van der Waals surface area contributed by atoms with E-state index in [1.165, 1.54) is 0 Å². The number of ether oxygens (including phenoxy) is 3. The van der Waals surface area contributed by atoms with Crippen LogP contribution in [0.5, 0.6) is 0 Å². The van der Waals surface area contributed by atoms with Gasteiger partial charge in [0.05, 0.1) is 12.4 Å². The molecule has 174 valence electrons. The number of hydrogen-bond donors (Lipinski definition) is 2. The largest absolute Gasteiger partial charge is 0.516 e. The van der Waals surface area contributed by atoms with Gasteiger partial charge < -0.3 is 25.3 Å². The van der Waals surface area contributed by atoms with Gasteiger partial charge in [0.1, 0.15) is 18.2 Å². The van der Waals surface area contributed by atoms with Crippen LogP contribution in [0.25, 0.3) is 0 Å². The first-order valence-electron chi connectivity index (χ1n) is 9.29. The first-order valence-corrected chi connectivity index (χ1v) is 11.1. The van der Waals surface area contributed by atoms with Crippen LogP contribution in [0.4, 0.5) is 9.59 Å². The summed E-state index contributed by atoms with van der Waals surface area (Å²) < 4.78 is 42.1. The first-order chi connectivity index (χ1) is 14.3. The van der Waals surface area contributed by atoms with Gasteiger partial charge >= 0.3 is 18.2 Å². The molecule has 1 rings (SSSR count). The second kappa shape index (κ2) is 11.6. The zero-order chi connectivity index (χ0) is 23.7. The average molecular weight is 461 g/mol. The molecule has 1 amide bonds. The van der Waals surface area contributed by atoms with E-state index in [0.717, 1.165) is 6.26 Å². The van der Waals surface area contributed by atoms with E-state index in [1.54, 1.807) is 51.1 Å². The smallest absolute Gasteiger partial charge is 0.444 e. The molecule has 31 heavy (non-hydrogen) atoms. The van der Waals surface area contributed by atoms with Crippen LogP contribution in [-0.2, 0) is 39.9 Å². The van der Waals surface area contributed by atoms with Crippen LogP contribution in [0.15, 0.2) is 30.3 Å². The van der Waals surface area contributed by atoms with Crippen molar-refractivity contribution in [2.75, 3.05) is 12.8 Å². The van der Waals surface area contributed by atoms with E-state index in [4.69, 9.17) is 19.4 Å². The van der Waals surface area contributed by atoms with Crippen LogP contribution in [0.3, 0.4) is 0 Å². The summed E-state index contributed by atoms with van der Waals surface area (Å²) in [7, 11) is -3.89. The monoisotopic (exact) mass is 460 g/mol. The van der Waals surface area contributed by atoms with Gasteiger partial charge in [-0.25, -0.2) is 14.4 Å². The van der Waals surface area contributed by atoms with E-state index in [2.05, 4.69) is 10.1 Å². The number of carbonyl (C=O) groups excluding carboxylic acids is 3. The molecule has 1 aromatic carbocycles. The standard InChI is InChI=1S/C19H28N2O9S/c1-19(2,3)29-17(23)21-15(10-14(11-20)30-31(4,25)26)16(22)28-18(24)27-12-13-8-6-5-7-9-13/h5-9,14-15H,10-12,20H2,1-4H3,(H,21,23)/t14?,15-/m0/s1. The lowest BCUT2D eigenvalue weighted by molar-refractivity contribution is -0.143. The van der Waals surface area contributed by atoms with Gasteiger partial charge in [0, 0.05) is 13.0 Å². The third kappa shape index (κ3) is 11.9. The molecule has 12 heteroatoms. The summed E-state index contributed by atoms with van der Waals surface area (Å²) in [5.74, 6) is -1.19. The third-order valence-corrected chi connectivity index (χ3v) is 4.05.